The van der Waals surface area contributed by atoms with Crippen LogP contribution in [0.3, 0.4) is 0 Å². The van der Waals surface area contributed by atoms with E-state index in [4.69, 9.17) is 75.8 Å². The molecule has 117 heavy (non-hydrogen) atoms. The summed E-state index contributed by atoms with van der Waals surface area (Å²) in [4.78, 5) is 0. The van der Waals surface area contributed by atoms with Gasteiger partial charge in [0.25, 0.3) is 0 Å². The molecule has 18 aromatic carbocycles. The Labute approximate surface area is 666 Å². The summed E-state index contributed by atoms with van der Waals surface area (Å²) in [6.07, 6.45) is 0. The van der Waals surface area contributed by atoms with Gasteiger partial charge in [0, 0.05) is 77.9 Å². The summed E-state index contributed by atoms with van der Waals surface area (Å²) >= 11 is 0. The van der Waals surface area contributed by atoms with Crippen molar-refractivity contribution in [3.05, 3.63) is 278 Å². The molecule has 16 heteroatoms. The van der Waals surface area contributed by atoms with Gasteiger partial charge in [-0.05, 0) is 109 Å². The van der Waals surface area contributed by atoms with Gasteiger partial charge in [-0.1, -0.05) is 255 Å². The van der Waals surface area contributed by atoms with E-state index in [9.17, 15) is 0 Å². The largest absolute Gasteiger partial charge is 0.485 e. The quantitative estimate of drug-likeness (QED) is 0.155. The first-order valence-electron chi connectivity index (χ1n) is 38.9. The van der Waals surface area contributed by atoms with Gasteiger partial charge in [-0.25, -0.2) is 0 Å². The van der Waals surface area contributed by atoms with Gasteiger partial charge in [-0.15, -0.1) is 0 Å². The first kappa shape index (κ1) is 65.4. The SMILES string of the molecule is c1ccc(COc2cc3ccccc3c3c2OCOc2c4c(c5ccccc5c2-3)-c2c(c3c(c5ccccc25)-c2c(c5c(c6ccccc26)-c2c(c6c(c7ccccc27)-c2c(c7c(c8ccccc28)-c2c(c8c(c9ccccc29)-c2c(c(OCc9ccccc9)cc9ccccc29)OCO8)OCO7)OCO6)OCO5)OCO3)OCO4)cc1. The molecule has 0 atom stereocenters. The summed E-state index contributed by atoms with van der Waals surface area (Å²) < 4.78 is 112. The lowest BCUT2D eigenvalue weighted by Gasteiger charge is -2.24. The molecule has 0 spiro atoms. The van der Waals surface area contributed by atoms with Crippen LogP contribution < -0.4 is 75.8 Å². The second-order valence-electron chi connectivity index (χ2n) is 29.7. The number of fused-ring (bicyclic) bond motifs is 49. The van der Waals surface area contributed by atoms with Crippen LogP contribution in [-0.4, -0.2) is 47.6 Å². The summed E-state index contributed by atoms with van der Waals surface area (Å²) in [5.74, 6) is 8.02. The molecular formula is C101H62O16. The van der Waals surface area contributed by atoms with Crippen LogP contribution in [0.15, 0.2) is 267 Å². The topological polar surface area (TPSA) is 148 Å². The predicted octanol–water partition coefficient (Wildman–Crippen LogP) is 23.8. The Hall–Kier alpha value is -15.2. The van der Waals surface area contributed by atoms with Gasteiger partial charge in [-0.2, -0.15) is 0 Å². The van der Waals surface area contributed by atoms with Gasteiger partial charge in [-0.3, -0.25) is 0 Å². The van der Waals surface area contributed by atoms with Crippen LogP contribution in [0.2, 0.25) is 0 Å². The summed E-state index contributed by atoms with van der Waals surface area (Å²) in [5.41, 5.74) is 12.8. The van der Waals surface area contributed by atoms with Gasteiger partial charge in [0.15, 0.2) is 92.0 Å². The Balaban J connectivity index is 0.673. The second-order valence-corrected chi connectivity index (χ2v) is 29.7. The van der Waals surface area contributed by atoms with E-state index in [2.05, 4.69) is 194 Å². The van der Waals surface area contributed by atoms with Crippen LogP contribution in [0.25, 0.3) is 164 Å². The minimum atomic E-state index is -0.242. The van der Waals surface area contributed by atoms with Gasteiger partial charge in [0.2, 0.25) is 47.6 Å². The molecular weight excluding hydrogens is 1470 g/mol. The Kier molecular flexibility index (Phi) is 14.4. The highest BCUT2D eigenvalue weighted by Crippen LogP contribution is 2.69. The summed E-state index contributed by atoms with van der Waals surface area (Å²) in [6.45, 7) is -0.727. The zero-order chi connectivity index (χ0) is 76.5. The molecule has 0 N–H and O–H groups in total. The maximum absolute atomic E-state index is 7.16. The highest BCUT2D eigenvalue weighted by atomic mass is 16.7. The van der Waals surface area contributed by atoms with Crippen molar-refractivity contribution in [3.63, 3.8) is 0 Å². The molecule has 0 unspecified atom stereocenters. The molecule has 0 amide bonds. The predicted molar refractivity (Wildman–Crippen MR) is 449 cm³/mol. The lowest BCUT2D eigenvalue weighted by Crippen LogP contribution is -2.10. The van der Waals surface area contributed by atoms with Crippen LogP contribution in [0.1, 0.15) is 11.1 Å². The van der Waals surface area contributed by atoms with Crippen molar-refractivity contribution in [2.75, 3.05) is 47.6 Å². The molecule has 0 fully saturated rings. The molecule has 18 aromatic rings. The van der Waals surface area contributed by atoms with Crippen LogP contribution in [0, 0.1) is 0 Å². The summed E-state index contributed by atoms with van der Waals surface area (Å²) in [7, 11) is 0. The van der Waals surface area contributed by atoms with Crippen molar-refractivity contribution in [2.24, 2.45) is 0 Å². The van der Waals surface area contributed by atoms with E-state index in [-0.39, 0.29) is 47.6 Å². The van der Waals surface area contributed by atoms with Crippen molar-refractivity contribution in [3.8, 4) is 170 Å². The Morgan fingerprint density at radius 2 is 0.316 bits per heavy atom. The molecule has 25 rings (SSSR count). The van der Waals surface area contributed by atoms with E-state index in [1.54, 1.807) is 0 Å². The molecule has 562 valence electrons. The first-order chi connectivity index (χ1) is 58.1. The monoisotopic (exact) mass is 1530 g/mol. The third-order valence-corrected chi connectivity index (χ3v) is 23.8. The smallest absolute Gasteiger partial charge is 0.231 e. The zero-order valence-corrected chi connectivity index (χ0v) is 62.3. The maximum Gasteiger partial charge on any atom is 0.231 e. The number of hydrogen-bond donors (Lipinski definition) is 0. The maximum atomic E-state index is 7.16. The third kappa shape index (κ3) is 9.57. The van der Waals surface area contributed by atoms with Crippen molar-refractivity contribution < 1.29 is 75.8 Å². The molecule has 0 saturated carbocycles. The summed E-state index contributed by atoms with van der Waals surface area (Å²) in [5, 5.41) is 14.3. The Bertz CT molecular complexity index is 6950. The minimum absolute atomic E-state index is 0.134. The van der Waals surface area contributed by atoms with Crippen LogP contribution in [-0.2, 0) is 13.2 Å². The van der Waals surface area contributed by atoms with Crippen molar-refractivity contribution in [2.45, 2.75) is 13.2 Å². The molecule has 7 heterocycles. The lowest BCUT2D eigenvalue weighted by molar-refractivity contribution is 0.0821. The van der Waals surface area contributed by atoms with Crippen LogP contribution >= 0.6 is 0 Å². The molecule has 0 saturated heterocycles. The average Bonchev–Trinajstić information content (AvgIpc) is 1.65. The van der Waals surface area contributed by atoms with Gasteiger partial charge < -0.3 is 75.8 Å². The van der Waals surface area contributed by atoms with E-state index in [0.717, 1.165) is 175 Å². The van der Waals surface area contributed by atoms with Crippen LogP contribution in [0.5, 0.6) is 92.0 Å². The highest BCUT2D eigenvalue weighted by molar-refractivity contribution is 6.28. The number of hydrogen-bond acceptors (Lipinski definition) is 16. The first-order valence-corrected chi connectivity index (χ1v) is 38.9. The number of ether oxygens (including phenoxy) is 16. The van der Waals surface area contributed by atoms with Gasteiger partial charge in [0.1, 0.15) is 13.2 Å². The fraction of sp³-hybridized carbons (Fsp3) is 0.0891. The minimum Gasteiger partial charge on any atom is -0.485 e. The van der Waals surface area contributed by atoms with Crippen molar-refractivity contribution in [1.29, 1.82) is 0 Å². The van der Waals surface area contributed by atoms with E-state index >= 15 is 0 Å². The fourth-order valence-electron chi connectivity index (χ4n) is 19.1. The van der Waals surface area contributed by atoms with Gasteiger partial charge >= 0.3 is 0 Å². The standard InChI is InChI=1S/C101H62O16/c1-3-23-54(24-4-1)45-102-72-43-56-27-7-9-29-58(56)74-76-60-31-11-13-33-62(60)78-80-64-35-15-17-37-66(64)82-84-68-39-19-21-41-70(68)86-87-71-42-22-20-40-69(71)85-83-67-38-18-16-36-65(67)81-79-63-34-14-12-32-61(63)77-75-59-30-10-8-28-57(59)44-73(103-46-55-25-5-2-6-26-55)89(75)105-48-107-91(77)93(79)109-50-111-95(81)97(83)113-52-115-99(85)101(87)117-53-116-100(86)98(84)114-51-112-96(82)94(80)110-49-108-92(78)90(76)106-47-104-88(72)74/h1-44H,45-53H2. The third-order valence-electron chi connectivity index (χ3n) is 23.8. The molecule has 16 nitrogen and oxygen atoms in total. The lowest BCUT2D eigenvalue weighted by atomic mass is 9.81. The normalized spacial score (nSPS) is 14.1. The average molecular weight is 1530 g/mol. The van der Waals surface area contributed by atoms with Crippen molar-refractivity contribution >= 4 is 86.2 Å². The summed E-state index contributed by atoms with van der Waals surface area (Å²) in [6, 6.07) is 91.2. The number of rotatable bonds is 6. The molecule has 7 aliphatic heterocycles. The van der Waals surface area contributed by atoms with Crippen LogP contribution in [0.4, 0.5) is 0 Å². The van der Waals surface area contributed by atoms with Crippen molar-refractivity contribution in [1.82, 2.24) is 0 Å². The molecule has 0 radical (unpaired) electrons. The second kappa shape index (κ2) is 25.7. The van der Waals surface area contributed by atoms with E-state index < -0.39 is 0 Å². The van der Waals surface area contributed by atoms with E-state index in [0.29, 0.717) is 105 Å². The number of benzene rings is 18. The molecule has 0 aliphatic carbocycles. The zero-order valence-electron chi connectivity index (χ0n) is 62.3. The molecule has 7 aliphatic rings. The van der Waals surface area contributed by atoms with E-state index in [1.807, 2.05) is 72.8 Å². The van der Waals surface area contributed by atoms with E-state index in [1.165, 1.54) is 0 Å². The fourth-order valence-corrected chi connectivity index (χ4v) is 19.1. The molecule has 0 aromatic heterocycles. The van der Waals surface area contributed by atoms with Gasteiger partial charge in [0.05, 0.1) is 0 Å². The highest BCUT2D eigenvalue weighted by Gasteiger charge is 2.43. The Morgan fingerprint density at radius 1 is 0.162 bits per heavy atom. The Morgan fingerprint density at radius 3 is 0.513 bits per heavy atom. The molecule has 0 bridgehead atoms.